The largest absolute Gasteiger partial charge is 0.382 e. The highest BCUT2D eigenvalue weighted by molar-refractivity contribution is 7.79. The molecule has 176 valence electrons. The van der Waals surface area contributed by atoms with E-state index >= 15 is 0 Å². The lowest BCUT2D eigenvalue weighted by Crippen LogP contribution is -2.39. The van der Waals surface area contributed by atoms with Crippen molar-refractivity contribution >= 4 is 33.7 Å². The lowest BCUT2D eigenvalue weighted by Gasteiger charge is -2.28. The molecule has 2 saturated carbocycles. The van der Waals surface area contributed by atoms with E-state index in [1.807, 2.05) is 22.9 Å². The van der Waals surface area contributed by atoms with Crippen LogP contribution < -0.4 is 10.6 Å². The topological polar surface area (TPSA) is 122 Å². The summed E-state index contributed by atoms with van der Waals surface area (Å²) in [5, 5.41) is 16.6. The van der Waals surface area contributed by atoms with Crippen molar-refractivity contribution in [2.45, 2.75) is 56.7 Å². The Morgan fingerprint density at radius 3 is 2.62 bits per heavy atom. The monoisotopic (exact) mass is 478 g/mol. The number of carbonyl (C=O) groups is 1. The van der Waals surface area contributed by atoms with E-state index in [0.717, 1.165) is 49.6 Å². The van der Waals surface area contributed by atoms with Gasteiger partial charge in [-0.3, -0.25) is 13.5 Å². The number of hydrogen-bond acceptors (Lipinski definition) is 7. The van der Waals surface area contributed by atoms with Crippen molar-refractivity contribution in [1.29, 1.82) is 5.26 Å². The number of amides is 1. The third kappa shape index (κ3) is 4.95. The van der Waals surface area contributed by atoms with E-state index in [0.29, 0.717) is 28.6 Å². The van der Waals surface area contributed by atoms with Crippen LogP contribution in [0.5, 0.6) is 0 Å². The standard InChI is InChI=1S/C24H26N6O3S/c1-34(32)33-19-6-4-18(5-7-19)29-24(31)20-14-26-22(11-21(20)28-17-2-3-17)30-9-8-16-10-15(12-25)13-27-23(16)30/h8-11,13-14,17-19H,2-7H2,1H3,(H,26,28)(H,29,31)/t18-,19-,34?. The fourth-order valence-corrected chi connectivity index (χ4v) is 4.93. The van der Waals surface area contributed by atoms with Gasteiger partial charge in [0.25, 0.3) is 5.91 Å². The van der Waals surface area contributed by atoms with Crippen molar-refractivity contribution in [1.82, 2.24) is 19.9 Å². The van der Waals surface area contributed by atoms with Gasteiger partial charge in [0.15, 0.2) is 11.1 Å². The van der Waals surface area contributed by atoms with Gasteiger partial charge in [0, 0.05) is 48.4 Å². The van der Waals surface area contributed by atoms with E-state index in [1.54, 1.807) is 18.5 Å². The molecule has 1 unspecified atom stereocenters. The van der Waals surface area contributed by atoms with Gasteiger partial charge in [-0.05, 0) is 50.7 Å². The lowest BCUT2D eigenvalue weighted by molar-refractivity contribution is 0.0902. The van der Waals surface area contributed by atoms with Crippen LogP contribution in [0.2, 0.25) is 0 Å². The summed E-state index contributed by atoms with van der Waals surface area (Å²) >= 11 is -1.27. The molecular weight excluding hydrogens is 452 g/mol. The number of nitriles is 1. The first-order valence-electron chi connectivity index (χ1n) is 11.5. The van der Waals surface area contributed by atoms with E-state index in [9.17, 15) is 9.00 Å². The number of aromatic nitrogens is 3. The molecule has 0 saturated heterocycles. The quantitative estimate of drug-likeness (QED) is 0.535. The molecule has 9 nitrogen and oxygen atoms in total. The van der Waals surface area contributed by atoms with Gasteiger partial charge in [0.1, 0.15) is 17.5 Å². The number of nitrogens with one attached hydrogen (secondary N) is 2. The molecule has 2 N–H and O–H groups in total. The SMILES string of the molecule is CS(=O)O[C@H]1CC[C@H](NC(=O)c2cnc(-n3ccc4cc(C#N)cnc43)cc2NC2CC2)CC1. The Morgan fingerprint density at radius 2 is 1.91 bits per heavy atom. The number of pyridine rings is 2. The smallest absolute Gasteiger partial charge is 0.255 e. The molecule has 1 amide bonds. The maximum atomic E-state index is 13.2. The summed E-state index contributed by atoms with van der Waals surface area (Å²) in [6.45, 7) is 0. The maximum absolute atomic E-state index is 13.2. The highest BCUT2D eigenvalue weighted by Gasteiger charge is 2.27. The fraction of sp³-hybridized carbons (Fsp3) is 0.417. The minimum atomic E-state index is -1.27. The summed E-state index contributed by atoms with van der Waals surface area (Å²) in [7, 11) is 0. The van der Waals surface area contributed by atoms with E-state index in [1.165, 1.54) is 6.26 Å². The van der Waals surface area contributed by atoms with Gasteiger partial charge in [-0.25, -0.2) is 14.2 Å². The Kier molecular flexibility index (Phi) is 6.30. The zero-order valence-electron chi connectivity index (χ0n) is 18.9. The van der Waals surface area contributed by atoms with Crippen molar-refractivity contribution in [2.24, 2.45) is 0 Å². The van der Waals surface area contributed by atoms with Gasteiger partial charge in [-0.15, -0.1) is 0 Å². The molecule has 3 heterocycles. The molecule has 2 aliphatic carbocycles. The van der Waals surface area contributed by atoms with Crippen LogP contribution in [0.4, 0.5) is 5.69 Å². The highest BCUT2D eigenvalue weighted by Crippen LogP contribution is 2.29. The van der Waals surface area contributed by atoms with Crippen molar-refractivity contribution in [3.05, 3.63) is 47.9 Å². The first-order chi connectivity index (χ1) is 16.5. The first kappa shape index (κ1) is 22.5. The number of nitrogens with zero attached hydrogens (tertiary/aromatic N) is 4. The number of rotatable bonds is 7. The van der Waals surface area contributed by atoms with Crippen LogP contribution in [0.3, 0.4) is 0 Å². The van der Waals surface area contributed by atoms with Crippen LogP contribution >= 0.6 is 0 Å². The second kappa shape index (κ2) is 9.52. The van der Waals surface area contributed by atoms with Crippen LogP contribution in [0, 0.1) is 11.3 Å². The van der Waals surface area contributed by atoms with Gasteiger partial charge in [-0.2, -0.15) is 5.26 Å². The Labute approximate surface area is 200 Å². The molecule has 2 fully saturated rings. The molecule has 0 aromatic carbocycles. The van der Waals surface area contributed by atoms with Crippen LogP contribution in [0.1, 0.15) is 54.4 Å². The highest BCUT2D eigenvalue weighted by atomic mass is 32.2. The molecule has 0 radical (unpaired) electrons. The number of carbonyl (C=O) groups excluding carboxylic acids is 1. The minimum Gasteiger partial charge on any atom is -0.382 e. The van der Waals surface area contributed by atoms with E-state index < -0.39 is 11.1 Å². The molecule has 2 aliphatic rings. The third-order valence-electron chi connectivity index (χ3n) is 6.25. The summed E-state index contributed by atoms with van der Waals surface area (Å²) in [4.78, 5) is 22.1. The molecule has 3 aromatic heterocycles. The Morgan fingerprint density at radius 1 is 1.15 bits per heavy atom. The van der Waals surface area contributed by atoms with Gasteiger partial charge in [-0.1, -0.05) is 0 Å². The molecule has 1 atom stereocenters. The van der Waals surface area contributed by atoms with E-state index in [-0.39, 0.29) is 18.1 Å². The normalized spacial score (nSPS) is 21.1. The van der Waals surface area contributed by atoms with Gasteiger partial charge >= 0.3 is 0 Å². The second-order valence-electron chi connectivity index (χ2n) is 8.89. The second-order valence-corrected chi connectivity index (χ2v) is 9.88. The van der Waals surface area contributed by atoms with Crippen LogP contribution in [-0.4, -0.2) is 49.1 Å². The summed E-state index contributed by atoms with van der Waals surface area (Å²) < 4.78 is 18.6. The van der Waals surface area contributed by atoms with Gasteiger partial charge in [0.05, 0.1) is 22.9 Å². The van der Waals surface area contributed by atoms with Gasteiger partial charge < -0.3 is 10.6 Å². The molecule has 34 heavy (non-hydrogen) atoms. The van der Waals surface area contributed by atoms with Crippen LogP contribution in [-0.2, 0) is 15.3 Å². The molecule has 3 aromatic rings. The molecule has 5 rings (SSSR count). The van der Waals surface area contributed by atoms with Crippen molar-refractivity contribution in [3.8, 4) is 11.9 Å². The molecule has 0 aliphatic heterocycles. The maximum Gasteiger partial charge on any atom is 0.255 e. The predicted molar refractivity (Wildman–Crippen MR) is 129 cm³/mol. The summed E-state index contributed by atoms with van der Waals surface area (Å²) in [6, 6.07) is 8.10. The van der Waals surface area contributed by atoms with E-state index in [2.05, 4.69) is 26.7 Å². The molecule has 0 spiro atoms. The zero-order valence-corrected chi connectivity index (χ0v) is 19.7. The van der Waals surface area contributed by atoms with Crippen molar-refractivity contribution in [3.63, 3.8) is 0 Å². The van der Waals surface area contributed by atoms with Crippen LogP contribution in [0.15, 0.2) is 36.8 Å². The number of hydrogen-bond donors (Lipinski definition) is 2. The number of fused-ring (bicyclic) bond motifs is 1. The summed E-state index contributed by atoms with van der Waals surface area (Å²) in [5.41, 5.74) is 2.47. The van der Waals surface area contributed by atoms with Gasteiger partial charge in [0.2, 0.25) is 0 Å². The Bertz CT molecular complexity index is 1290. The molecular formula is C24H26N6O3S. The minimum absolute atomic E-state index is 0.0127. The van der Waals surface area contributed by atoms with Crippen molar-refractivity contribution < 1.29 is 13.2 Å². The fourth-order valence-electron chi connectivity index (χ4n) is 4.35. The van der Waals surface area contributed by atoms with Crippen LogP contribution in [0.25, 0.3) is 16.9 Å². The summed E-state index contributed by atoms with van der Waals surface area (Å²) in [5.74, 6) is 0.497. The average Bonchev–Trinajstić information content (AvgIpc) is 3.55. The molecule has 10 heteroatoms. The van der Waals surface area contributed by atoms with Crippen molar-refractivity contribution in [2.75, 3.05) is 11.6 Å². The predicted octanol–water partition coefficient (Wildman–Crippen LogP) is 3.22. The summed E-state index contributed by atoms with van der Waals surface area (Å²) in [6.07, 6.45) is 11.8. The molecule has 0 bridgehead atoms. The van der Waals surface area contributed by atoms with E-state index in [4.69, 9.17) is 9.44 Å². The zero-order chi connectivity index (χ0) is 23.7. The number of anilines is 1. The third-order valence-corrected chi connectivity index (χ3v) is 6.80. The lowest BCUT2D eigenvalue weighted by atomic mass is 9.93. The first-order valence-corrected chi connectivity index (χ1v) is 12.9. The average molecular weight is 479 g/mol. The Hall–Kier alpha value is -3.29. The Balaban J connectivity index is 1.36.